The van der Waals surface area contributed by atoms with Gasteiger partial charge in [-0.15, -0.1) is 0 Å². The average Bonchev–Trinajstić information content (AvgIpc) is 2.93. The molecular formula is C15H18N4O2. The lowest BCUT2D eigenvalue weighted by atomic mass is 10.1. The molecule has 0 unspecified atom stereocenters. The van der Waals surface area contributed by atoms with Gasteiger partial charge in [0.2, 0.25) is 5.91 Å². The maximum absolute atomic E-state index is 12.3. The molecule has 0 aliphatic carbocycles. The van der Waals surface area contributed by atoms with Crippen LogP contribution in [0.1, 0.15) is 33.3 Å². The number of amides is 2. The van der Waals surface area contributed by atoms with Crippen LogP contribution in [-0.4, -0.2) is 33.5 Å². The molecule has 6 heteroatoms. The lowest BCUT2D eigenvalue weighted by molar-refractivity contribution is 0.0781. The van der Waals surface area contributed by atoms with Gasteiger partial charge < -0.3 is 10.6 Å². The van der Waals surface area contributed by atoms with E-state index >= 15 is 0 Å². The van der Waals surface area contributed by atoms with Crippen LogP contribution in [0.25, 0.3) is 0 Å². The molecule has 1 aromatic carbocycles. The van der Waals surface area contributed by atoms with Gasteiger partial charge in [-0.3, -0.25) is 14.3 Å². The monoisotopic (exact) mass is 286 g/mol. The fraction of sp³-hybridized carbons (Fsp3) is 0.267. The van der Waals surface area contributed by atoms with Crippen LogP contribution in [0.15, 0.2) is 36.5 Å². The predicted molar refractivity (Wildman–Crippen MR) is 78.7 cm³/mol. The molecule has 1 heterocycles. The van der Waals surface area contributed by atoms with Crippen LogP contribution in [0, 0.1) is 0 Å². The lowest BCUT2D eigenvalue weighted by Crippen LogP contribution is -2.27. The van der Waals surface area contributed by atoms with Gasteiger partial charge in [0.15, 0.2) is 0 Å². The number of aromatic nitrogens is 2. The molecule has 0 aliphatic heterocycles. The van der Waals surface area contributed by atoms with Crippen molar-refractivity contribution in [1.29, 1.82) is 0 Å². The largest absolute Gasteiger partial charge is 0.366 e. The number of hydrogen-bond acceptors (Lipinski definition) is 3. The Hall–Kier alpha value is -2.63. The van der Waals surface area contributed by atoms with Crippen LogP contribution in [0.2, 0.25) is 0 Å². The summed E-state index contributed by atoms with van der Waals surface area (Å²) in [7, 11) is 1.73. The Balaban J connectivity index is 2.10. The summed E-state index contributed by atoms with van der Waals surface area (Å²) in [6, 6.07) is 8.22. The van der Waals surface area contributed by atoms with E-state index < -0.39 is 5.91 Å². The Bertz CT molecular complexity index is 646. The van der Waals surface area contributed by atoms with Crippen LogP contribution in [0.4, 0.5) is 0 Å². The molecule has 0 saturated heterocycles. The maximum Gasteiger partial charge on any atom is 0.253 e. The van der Waals surface area contributed by atoms with Crippen molar-refractivity contribution in [3.05, 3.63) is 53.3 Å². The Labute approximate surface area is 123 Å². The molecule has 1 aromatic heterocycles. The van der Waals surface area contributed by atoms with E-state index in [1.807, 2.05) is 17.7 Å². The summed E-state index contributed by atoms with van der Waals surface area (Å²) >= 11 is 0. The topological polar surface area (TPSA) is 81.2 Å². The molecule has 2 rings (SSSR count). The van der Waals surface area contributed by atoms with E-state index in [4.69, 9.17) is 5.73 Å². The predicted octanol–water partition coefficient (Wildman–Crippen LogP) is 1.27. The van der Waals surface area contributed by atoms with Gasteiger partial charge in [0.1, 0.15) is 0 Å². The third kappa shape index (κ3) is 3.28. The van der Waals surface area contributed by atoms with Gasteiger partial charge >= 0.3 is 0 Å². The minimum atomic E-state index is -0.505. The third-order valence-corrected chi connectivity index (χ3v) is 3.27. The highest BCUT2D eigenvalue weighted by molar-refractivity contribution is 5.97. The zero-order valence-electron chi connectivity index (χ0n) is 12.1. The molecule has 0 aliphatic rings. The maximum atomic E-state index is 12.3. The quantitative estimate of drug-likeness (QED) is 0.898. The Morgan fingerprint density at radius 3 is 2.38 bits per heavy atom. The number of nitrogens with two attached hydrogens (primary N) is 1. The molecule has 2 amide bonds. The highest BCUT2D eigenvalue weighted by Gasteiger charge is 2.14. The molecule has 2 N–H and O–H groups in total. The van der Waals surface area contributed by atoms with Crippen LogP contribution in [-0.2, 0) is 13.1 Å². The van der Waals surface area contributed by atoms with E-state index in [1.54, 1.807) is 42.4 Å². The highest BCUT2D eigenvalue weighted by atomic mass is 16.2. The highest BCUT2D eigenvalue weighted by Crippen LogP contribution is 2.10. The zero-order chi connectivity index (χ0) is 15.4. The van der Waals surface area contributed by atoms with E-state index in [2.05, 4.69) is 5.10 Å². The smallest absolute Gasteiger partial charge is 0.253 e. The minimum Gasteiger partial charge on any atom is -0.366 e. The molecule has 110 valence electrons. The van der Waals surface area contributed by atoms with Crippen molar-refractivity contribution >= 4 is 11.8 Å². The van der Waals surface area contributed by atoms with E-state index in [-0.39, 0.29) is 5.91 Å². The SMILES string of the molecule is CCn1nccc1CN(C)C(=O)c1ccc(C(N)=O)cc1. The van der Waals surface area contributed by atoms with Crippen LogP contribution in [0.5, 0.6) is 0 Å². The number of carbonyl (C=O) groups is 2. The third-order valence-electron chi connectivity index (χ3n) is 3.27. The van der Waals surface area contributed by atoms with Gasteiger partial charge in [0.05, 0.1) is 12.2 Å². The summed E-state index contributed by atoms with van der Waals surface area (Å²) in [6.45, 7) is 3.24. The number of rotatable bonds is 5. The first-order valence-corrected chi connectivity index (χ1v) is 6.69. The number of aryl methyl sites for hydroxylation is 1. The van der Waals surface area contributed by atoms with Gasteiger partial charge in [-0.25, -0.2) is 0 Å². The summed E-state index contributed by atoms with van der Waals surface area (Å²) in [4.78, 5) is 25.0. The molecule has 0 bridgehead atoms. The summed E-state index contributed by atoms with van der Waals surface area (Å²) in [5.74, 6) is -0.621. The normalized spacial score (nSPS) is 10.4. The van der Waals surface area contributed by atoms with Crippen molar-refractivity contribution in [2.75, 3.05) is 7.05 Å². The van der Waals surface area contributed by atoms with Gasteiger partial charge in [-0.2, -0.15) is 5.10 Å². The number of primary amides is 1. The van der Waals surface area contributed by atoms with Crippen LogP contribution in [0.3, 0.4) is 0 Å². The molecular weight excluding hydrogens is 268 g/mol. The van der Waals surface area contributed by atoms with E-state index in [0.717, 1.165) is 12.2 Å². The molecule has 0 saturated carbocycles. The van der Waals surface area contributed by atoms with Gasteiger partial charge in [0, 0.05) is 30.9 Å². The van der Waals surface area contributed by atoms with E-state index in [0.29, 0.717) is 17.7 Å². The standard InChI is InChI=1S/C15H18N4O2/c1-3-19-13(8-9-17-19)10-18(2)15(21)12-6-4-11(5-7-12)14(16)20/h4-9H,3,10H2,1-2H3,(H2,16,20). The Morgan fingerprint density at radius 2 is 1.81 bits per heavy atom. The van der Waals surface area contributed by atoms with Crippen molar-refractivity contribution < 1.29 is 9.59 Å². The minimum absolute atomic E-state index is 0.116. The molecule has 2 aromatic rings. The summed E-state index contributed by atoms with van der Waals surface area (Å²) in [6.07, 6.45) is 1.72. The summed E-state index contributed by atoms with van der Waals surface area (Å²) in [5.41, 5.74) is 7.06. The van der Waals surface area contributed by atoms with Crippen molar-refractivity contribution in [2.24, 2.45) is 5.73 Å². The van der Waals surface area contributed by atoms with Gasteiger partial charge in [-0.1, -0.05) is 0 Å². The molecule has 0 radical (unpaired) electrons. The Morgan fingerprint density at radius 1 is 1.19 bits per heavy atom. The first-order chi connectivity index (χ1) is 10.0. The molecule has 0 fully saturated rings. The van der Waals surface area contributed by atoms with E-state index in [9.17, 15) is 9.59 Å². The first kappa shape index (κ1) is 14.8. The lowest BCUT2D eigenvalue weighted by Gasteiger charge is -2.18. The second-order valence-corrected chi connectivity index (χ2v) is 4.74. The second-order valence-electron chi connectivity index (χ2n) is 4.74. The number of nitrogens with zero attached hydrogens (tertiary/aromatic N) is 3. The number of benzene rings is 1. The molecule has 21 heavy (non-hydrogen) atoms. The average molecular weight is 286 g/mol. The fourth-order valence-corrected chi connectivity index (χ4v) is 2.09. The second kappa shape index (κ2) is 6.21. The van der Waals surface area contributed by atoms with Crippen molar-refractivity contribution in [1.82, 2.24) is 14.7 Å². The summed E-state index contributed by atoms with van der Waals surface area (Å²) in [5, 5.41) is 4.18. The van der Waals surface area contributed by atoms with Gasteiger partial charge in [-0.05, 0) is 37.3 Å². The fourth-order valence-electron chi connectivity index (χ4n) is 2.09. The number of carbonyl (C=O) groups excluding carboxylic acids is 2. The van der Waals surface area contributed by atoms with Crippen molar-refractivity contribution in [2.45, 2.75) is 20.0 Å². The zero-order valence-corrected chi connectivity index (χ0v) is 12.1. The number of hydrogen-bond donors (Lipinski definition) is 1. The molecule has 6 nitrogen and oxygen atoms in total. The van der Waals surface area contributed by atoms with Crippen LogP contribution < -0.4 is 5.73 Å². The Kier molecular flexibility index (Phi) is 4.37. The molecule has 0 spiro atoms. The molecule has 0 atom stereocenters. The summed E-state index contributed by atoms with van der Waals surface area (Å²) < 4.78 is 1.85. The van der Waals surface area contributed by atoms with Crippen molar-refractivity contribution in [3.8, 4) is 0 Å². The van der Waals surface area contributed by atoms with E-state index in [1.165, 1.54) is 0 Å². The van der Waals surface area contributed by atoms with Gasteiger partial charge in [0.25, 0.3) is 5.91 Å². The first-order valence-electron chi connectivity index (χ1n) is 6.69. The van der Waals surface area contributed by atoms with Crippen molar-refractivity contribution in [3.63, 3.8) is 0 Å². The van der Waals surface area contributed by atoms with Crippen LogP contribution >= 0.6 is 0 Å².